The molecular formula is C54H35NS. The molecule has 11 aromatic rings. The lowest BCUT2D eigenvalue weighted by Crippen LogP contribution is -2.11. The zero-order chi connectivity index (χ0) is 37.0. The molecular weight excluding hydrogens is 695 g/mol. The predicted octanol–water partition coefficient (Wildman–Crippen LogP) is 16.0. The van der Waals surface area contributed by atoms with Gasteiger partial charge in [-0.3, -0.25) is 0 Å². The van der Waals surface area contributed by atoms with Crippen LogP contribution in [0.25, 0.3) is 85.9 Å². The van der Waals surface area contributed by atoms with Crippen molar-refractivity contribution in [3.8, 4) is 33.4 Å². The predicted molar refractivity (Wildman–Crippen MR) is 243 cm³/mol. The van der Waals surface area contributed by atoms with Crippen LogP contribution in [0.5, 0.6) is 0 Å². The van der Waals surface area contributed by atoms with Crippen LogP contribution in [0, 0.1) is 0 Å². The highest BCUT2D eigenvalue weighted by Gasteiger charge is 2.22. The second kappa shape index (κ2) is 13.4. The van der Waals surface area contributed by atoms with Crippen molar-refractivity contribution >= 4 is 80.9 Å². The first-order valence-corrected chi connectivity index (χ1v) is 20.0. The number of rotatable bonds is 6. The third kappa shape index (κ3) is 5.46. The van der Waals surface area contributed by atoms with E-state index in [2.05, 4.69) is 217 Å². The fourth-order valence-electron chi connectivity index (χ4n) is 8.57. The van der Waals surface area contributed by atoms with Crippen LogP contribution in [-0.2, 0) is 0 Å². The SMILES string of the molecule is c1ccc(-c2ccc(N(c3ccc(-c4cc5ccccc5c5ccccc45)cc3)c3ccc4sc5ccccc5c4c3-c3ccc4ccccc4c3)cc2)cc1. The maximum Gasteiger partial charge on any atom is 0.0547 e. The fourth-order valence-corrected chi connectivity index (χ4v) is 9.69. The van der Waals surface area contributed by atoms with E-state index >= 15 is 0 Å². The van der Waals surface area contributed by atoms with Crippen LogP contribution in [0.2, 0.25) is 0 Å². The average Bonchev–Trinajstić information content (AvgIpc) is 3.66. The topological polar surface area (TPSA) is 3.24 Å². The Morgan fingerprint density at radius 3 is 1.66 bits per heavy atom. The van der Waals surface area contributed by atoms with Gasteiger partial charge in [-0.2, -0.15) is 0 Å². The third-order valence-electron chi connectivity index (χ3n) is 11.2. The van der Waals surface area contributed by atoms with Crippen LogP contribution in [-0.4, -0.2) is 0 Å². The second-order valence-electron chi connectivity index (χ2n) is 14.5. The Hall–Kier alpha value is -7.00. The molecule has 0 unspecified atom stereocenters. The van der Waals surface area contributed by atoms with Gasteiger partial charge in [0.05, 0.1) is 5.69 Å². The van der Waals surface area contributed by atoms with Crippen molar-refractivity contribution in [3.63, 3.8) is 0 Å². The normalized spacial score (nSPS) is 11.6. The van der Waals surface area contributed by atoms with E-state index in [0.29, 0.717) is 0 Å². The summed E-state index contributed by atoms with van der Waals surface area (Å²) in [7, 11) is 0. The summed E-state index contributed by atoms with van der Waals surface area (Å²) in [6.45, 7) is 0. The van der Waals surface area contributed by atoms with Gasteiger partial charge in [0, 0.05) is 37.1 Å². The summed E-state index contributed by atoms with van der Waals surface area (Å²) in [5, 5.41) is 10.1. The Morgan fingerprint density at radius 1 is 0.321 bits per heavy atom. The van der Waals surface area contributed by atoms with E-state index in [4.69, 9.17) is 0 Å². The van der Waals surface area contributed by atoms with Gasteiger partial charge in [0.15, 0.2) is 0 Å². The van der Waals surface area contributed by atoms with Crippen molar-refractivity contribution in [1.29, 1.82) is 0 Å². The minimum absolute atomic E-state index is 1.10. The standard InChI is InChI=1S/C54H35NS/c1-2-12-36(13-3-1)38-24-28-43(29-25-38)55(44-30-26-39(27-31-44)49-35-41-16-6-7-17-45(41)46-18-8-9-19-47(46)49)50-32-33-52-54(48-20-10-11-21-51(48)56-52)53(50)42-23-22-37-14-4-5-15-40(37)34-42/h1-35H. The lowest BCUT2D eigenvalue weighted by atomic mass is 9.93. The van der Waals surface area contributed by atoms with E-state index in [1.807, 2.05) is 11.3 Å². The van der Waals surface area contributed by atoms with E-state index in [-0.39, 0.29) is 0 Å². The van der Waals surface area contributed by atoms with E-state index in [1.165, 1.54) is 85.9 Å². The number of anilines is 3. The zero-order valence-electron chi connectivity index (χ0n) is 30.6. The maximum atomic E-state index is 2.45. The lowest BCUT2D eigenvalue weighted by molar-refractivity contribution is 1.29. The number of hydrogen-bond acceptors (Lipinski definition) is 2. The van der Waals surface area contributed by atoms with Gasteiger partial charge in [-0.15, -0.1) is 11.3 Å². The van der Waals surface area contributed by atoms with Gasteiger partial charge in [0.25, 0.3) is 0 Å². The molecule has 0 saturated carbocycles. The summed E-state index contributed by atoms with van der Waals surface area (Å²) in [4.78, 5) is 2.45. The molecule has 0 N–H and O–H groups in total. The fraction of sp³-hybridized carbons (Fsp3) is 0. The molecule has 56 heavy (non-hydrogen) atoms. The minimum atomic E-state index is 1.10. The molecule has 0 aliphatic heterocycles. The average molecular weight is 730 g/mol. The molecule has 0 bridgehead atoms. The van der Waals surface area contributed by atoms with Crippen molar-refractivity contribution < 1.29 is 0 Å². The molecule has 1 aromatic heterocycles. The number of benzene rings is 10. The van der Waals surface area contributed by atoms with Crippen molar-refractivity contribution in [1.82, 2.24) is 0 Å². The summed E-state index contributed by atoms with van der Waals surface area (Å²) in [5.41, 5.74) is 10.6. The highest BCUT2D eigenvalue weighted by Crippen LogP contribution is 2.49. The van der Waals surface area contributed by atoms with Crippen LogP contribution in [0.1, 0.15) is 0 Å². The van der Waals surface area contributed by atoms with Gasteiger partial charge in [-0.1, -0.05) is 158 Å². The highest BCUT2D eigenvalue weighted by molar-refractivity contribution is 7.26. The van der Waals surface area contributed by atoms with E-state index < -0.39 is 0 Å². The Bertz CT molecular complexity index is 3230. The Balaban J connectivity index is 1.14. The number of fused-ring (bicyclic) bond motifs is 7. The lowest BCUT2D eigenvalue weighted by Gasteiger charge is -2.29. The Labute approximate surface area is 330 Å². The maximum absolute atomic E-state index is 2.45. The molecule has 2 heteroatoms. The molecule has 10 aromatic carbocycles. The van der Waals surface area contributed by atoms with Gasteiger partial charge >= 0.3 is 0 Å². The molecule has 1 nitrogen and oxygen atoms in total. The summed E-state index contributed by atoms with van der Waals surface area (Å²) in [5.74, 6) is 0. The van der Waals surface area contributed by atoms with Gasteiger partial charge in [0.1, 0.15) is 0 Å². The molecule has 0 atom stereocenters. The molecule has 0 fully saturated rings. The van der Waals surface area contributed by atoms with Crippen LogP contribution in [0.4, 0.5) is 17.1 Å². The largest absolute Gasteiger partial charge is 0.310 e. The minimum Gasteiger partial charge on any atom is -0.310 e. The second-order valence-corrected chi connectivity index (χ2v) is 15.6. The van der Waals surface area contributed by atoms with Crippen molar-refractivity contribution in [2.75, 3.05) is 4.90 Å². The first-order valence-electron chi connectivity index (χ1n) is 19.2. The molecule has 0 spiro atoms. The summed E-state index contributed by atoms with van der Waals surface area (Å²) < 4.78 is 2.59. The first-order chi connectivity index (χ1) is 27.8. The zero-order valence-corrected chi connectivity index (χ0v) is 31.4. The smallest absolute Gasteiger partial charge is 0.0547 e. The van der Waals surface area contributed by atoms with Crippen molar-refractivity contribution in [2.45, 2.75) is 0 Å². The van der Waals surface area contributed by atoms with Crippen LogP contribution < -0.4 is 4.90 Å². The molecule has 0 amide bonds. The van der Waals surface area contributed by atoms with Crippen LogP contribution >= 0.6 is 11.3 Å². The van der Waals surface area contributed by atoms with Gasteiger partial charge in [-0.25, -0.2) is 0 Å². The molecule has 11 rings (SSSR count). The summed E-state index contributed by atoms with van der Waals surface area (Å²) >= 11 is 1.87. The Kier molecular flexibility index (Phi) is 7.75. The van der Waals surface area contributed by atoms with E-state index in [0.717, 1.165) is 17.1 Å². The van der Waals surface area contributed by atoms with Crippen molar-refractivity contribution in [2.24, 2.45) is 0 Å². The molecule has 262 valence electrons. The van der Waals surface area contributed by atoms with Crippen molar-refractivity contribution in [3.05, 3.63) is 212 Å². The van der Waals surface area contributed by atoms with Gasteiger partial charge in [0.2, 0.25) is 0 Å². The molecule has 0 saturated heterocycles. The number of nitrogens with zero attached hydrogens (tertiary/aromatic N) is 1. The highest BCUT2D eigenvalue weighted by atomic mass is 32.1. The quantitative estimate of drug-likeness (QED) is 0.154. The molecule has 1 heterocycles. The molecule has 0 radical (unpaired) electrons. The molecule has 0 aliphatic rings. The monoisotopic (exact) mass is 729 g/mol. The summed E-state index contributed by atoms with van der Waals surface area (Å²) in [6.07, 6.45) is 0. The van der Waals surface area contributed by atoms with E-state index in [9.17, 15) is 0 Å². The number of thiophene rings is 1. The van der Waals surface area contributed by atoms with E-state index in [1.54, 1.807) is 0 Å². The van der Waals surface area contributed by atoms with Gasteiger partial charge < -0.3 is 4.90 Å². The first kappa shape index (κ1) is 32.4. The summed E-state index contributed by atoms with van der Waals surface area (Å²) in [6, 6.07) is 77.8. The van der Waals surface area contributed by atoms with Crippen LogP contribution in [0.3, 0.4) is 0 Å². The number of hydrogen-bond donors (Lipinski definition) is 0. The van der Waals surface area contributed by atoms with Crippen LogP contribution in [0.15, 0.2) is 212 Å². The third-order valence-corrected chi connectivity index (χ3v) is 12.4. The molecule has 0 aliphatic carbocycles. The Morgan fingerprint density at radius 2 is 0.893 bits per heavy atom. The van der Waals surface area contributed by atoms with Gasteiger partial charge in [-0.05, 0) is 115 Å².